The van der Waals surface area contributed by atoms with Gasteiger partial charge >= 0.3 is 0 Å². The van der Waals surface area contributed by atoms with E-state index in [-0.39, 0.29) is 0 Å². The van der Waals surface area contributed by atoms with Crippen LogP contribution in [-0.4, -0.2) is 7.11 Å². The highest BCUT2D eigenvalue weighted by Gasteiger charge is 2.08. The van der Waals surface area contributed by atoms with Crippen LogP contribution in [0.15, 0.2) is 36.4 Å². The smallest absolute Gasteiger partial charge is 0.122 e. The van der Waals surface area contributed by atoms with Gasteiger partial charge < -0.3 is 4.74 Å². The number of halogens is 2. The molecule has 2 aromatic carbocycles. The summed E-state index contributed by atoms with van der Waals surface area (Å²) < 4.78 is 5.30. The Bertz CT molecular complexity index is 550. The molecule has 0 bridgehead atoms. The summed E-state index contributed by atoms with van der Waals surface area (Å²) in [6.07, 6.45) is 0. The van der Waals surface area contributed by atoms with E-state index >= 15 is 0 Å². The summed E-state index contributed by atoms with van der Waals surface area (Å²) in [6, 6.07) is 11.4. The molecule has 0 atom stereocenters. The van der Waals surface area contributed by atoms with Gasteiger partial charge in [-0.1, -0.05) is 49.2 Å². The molecule has 0 saturated heterocycles. The van der Waals surface area contributed by atoms with Crippen LogP contribution in [-0.2, 0) is 0 Å². The topological polar surface area (TPSA) is 9.23 Å². The van der Waals surface area contributed by atoms with Gasteiger partial charge in [-0.3, -0.25) is 0 Å². The van der Waals surface area contributed by atoms with Crippen molar-refractivity contribution in [1.82, 2.24) is 0 Å². The van der Waals surface area contributed by atoms with Crippen molar-refractivity contribution in [3.8, 4) is 16.9 Å². The summed E-state index contributed by atoms with van der Waals surface area (Å²) in [4.78, 5) is 0. The van der Waals surface area contributed by atoms with E-state index in [2.05, 4.69) is 0 Å². The lowest BCUT2D eigenvalue weighted by atomic mass is 10.0. The number of methoxy groups -OCH3 is 1. The SMILES string of the molecule is CC.COc1cc(-c2cccc(Cl)c2)c(Cl)cc1C. The Morgan fingerprint density at radius 1 is 1.00 bits per heavy atom. The van der Waals surface area contributed by atoms with Crippen LogP contribution >= 0.6 is 23.2 Å². The van der Waals surface area contributed by atoms with Gasteiger partial charge in [-0.15, -0.1) is 0 Å². The van der Waals surface area contributed by atoms with Crippen LogP contribution in [0.2, 0.25) is 10.0 Å². The van der Waals surface area contributed by atoms with Crippen LogP contribution in [0.25, 0.3) is 11.1 Å². The number of hydrogen-bond donors (Lipinski definition) is 0. The molecule has 0 aliphatic rings. The lowest BCUT2D eigenvalue weighted by molar-refractivity contribution is 0.412. The van der Waals surface area contributed by atoms with E-state index in [1.807, 2.05) is 57.2 Å². The Labute approximate surface area is 125 Å². The van der Waals surface area contributed by atoms with Crippen LogP contribution in [0.1, 0.15) is 19.4 Å². The van der Waals surface area contributed by atoms with E-state index in [1.165, 1.54) is 0 Å². The Balaban J connectivity index is 0.000000861. The number of ether oxygens (including phenoxy) is 1. The number of hydrogen-bond acceptors (Lipinski definition) is 1. The van der Waals surface area contributed by atoms with E-state index in [1.54, 1.807) is 7.11 Å². The molecule has 0 aliphatic heterocycles. The first-order chi connectivity index (χ1) is 9.11. The molecule has 0 saturated carbocycles. The molecule has 0 spiro atoms. The maximum Gasteiger partial charge on any atom is 0.122 e. The molecule has 1 nitrogen and oxygen atoms in total. The van der Waals surface area contributed by atoms with Gasteiger partial charge in [0.05, 0.1) is 7.11 Å². The fraction of sp³-hybridized carbons (Fsp3) is 0.250. The quantitative estimate of drug-likeness (QED) is 0.660. The number of rotatable bonds is 2. The van der Waals surface area contributed by atoms with Crippen LogP contribution in [0.3, 0.4) is 0 Å². The minimum atomic E-state index is 0.693. The van der Waals surface area contributed by atoms with Crippen molar-refractivity contribution in [2.75, 3.05) is 7.11 Å². The van der Waals surface area contributed by atoms with Crippen molar-refractivity contribution in [2.45, 2.75) is 20.8 Å². The lowest BCUT2D eigenvalue weighted by Gasteiger charge is -2.10. The van der Waals surface area contributed by atoms with Gasteiger partial charge in [-0.25, -0.2) is 0 Å². The number of aryl methyl sites for hydroxylation is 1. The van der Waals surface area contributed by atoms with Crippen molar-refractivity contribution in [3.63, 3.8) is 0 Å². The molecule has 0 fully saturated rings. The van der Waals surface area contributed by atoms with E-state index in [9.17, 15) is 0 Å². The average molecular weight is 297 g/mol. The highest BCUT2D eigenvalue weighted by atomic mass is 35.5. The van der Waals surface area contributed by atoms with Gasteiger partial charge in [0.1, 0.15) is 5.75 Å². The molecule has 2 aromatic rings. The van der Waals surface area contributed by atoms with E-state index in [4.69, 9.17) is 27.9 Å². The first-order valence-corrected chi connectivity index (χ1v) is 6.97. The zero-order chi connectivity index (χ0) is 14.4. The zero-order valence-corrected chi connectivity index (χ0v) is 13.1. The van der Waals surface area contributed by atoms with Gasteiger partial charge in [0.15, 0.2) is 0 Å². The predicted octanol–water partition coefficient (Wildman–Crippen LogP) is 6.00. The molecule has 0 amide bonds. The third kappa shape index (κ3) is 3.89. The van der Waals surface area contributed by atoms with Gasteiger partial charge in [0.25, 0.3) is 0 Å². The molecule has 0 N–H and O–H groups in total. The summed E-state index contributed by atoms with van der Waals surface area (Å²) >= 11 is 12.2. The Morgan fingerprint density at radius 2 is 1.68 bits per heavy atom. The highest BCUT2D eigenvalue weighted by molar-refractivity contribution is 6.34. The second-order valence-corrected chi connectivity index (χ2v) is 4.66. The van der Waals surface area contributed by atoms with Crippen LogP contribution in [0.4, 0.5) is 0 Å². The fourth-order valence-electron chi connectivity index (χ4n) is 1.75. The normalized spacial score (nSPS) is 9.58. The van der Waals surface area contributed by atoms with E-state index < -0.39 is 0 Å². The van der Waals surface area contributed by atoms with E-state index in [0.29, 0.717) is 10.0 Å². The average Bonchev–Trinajstić information content (AvgIpc) is 2.41. The predicted molar refractivity (Wildman–Crippen MR) is 84.5 cm³/mol. The van der Waals surface area contributed by atoms with Crippen LogP contribution in [0.5, 0.6) is 5.75 Å². The molecule has 0 unspecified atom stereocenters. The minimum absolute atomic E-state index is 0.693. The summed E-state index contributed by atoms with van der Waals surface area (Å²) in [6.45, 7) is 5.96. The van der Waals surface area contributed by atoms with Gasteiger partial charge in [0, 0.05) is 15.6 Å². The van der Waals surface area contributed by atoms with Crippen molar-refractivity contribution in [1.29, 1.82) is 0 Å². The van der Waals surface area contributed by atoms with Gasteiger partial charge in [-0.2, -0.15) is 0 Å². The van der Waals surface area contributed by atoms with Crippen LogP contribution in [0, 0.1) is 6.92 Å². The van der Waals surface area contributed by atoms with E-state index in [0.717, 1.165) is 22.4 Å². The molecule has 3 heteroatoms. The molecule has 2 rings (SSSR count). The molecular weight excluding hydrogens is 279 g/mol. The standard InChI is InChI=1S/C14H12Cl2O.C2H6/c1-9-6-13(16)12(8-14(9)17-2)10-4-3-5-11(15)7-10;1-2/h3-8H,1-2H3;1-2H3. The van der Waals surface area contributed by atoms with Gasteiger partial charge in [-0.05, 0) is 42.3 Å². The fourth-order valence-corrected chi connectivity index (χ4v) is 2.27. The molecular formula is C16H18Cl2O. The lowest BCUT2D eigenvalue weighted by Crippen LogP contribution is -1.89. The molecule has 102 valence electrons. The maximum absolute atomic E-state index is 6.25. The van der Waals surface area contributed by atoms with Crippen molar-refractivity contribution in [2.24, 2.45) is 0 Å². The molecule has 0 aromatic heterocycles. The molecule has 0 aliphatic carbocycles. The Hall–Kier alpha value is -1.18. The number of benzene rings is 2. The minimum Gasteiger partial charge on any atom is -0.496 e. The van der Waals surface area contributed by atoms with Crippen molar-refractivity contribution < 1.29 is 4.74 Å². The summed E-state index contributed by atoms with van der Waals surface area (Å²) in [7, 11) is 1.65. The third-order valence-corrected chi connectivity index (χ3v) is 3.17. The Kier molecular flexibility index (Phi) is 6.20. The molecule has 0 radical (unpaired) electrons. The summed E-state index contributed by atoms with van der Waals surface area (Å²) in [5, 5.41) is 1.39. The summed E-state index contributed by atoms with van der Waals surface area (Å²) in [5.74, 6) is 0.823. The second-order valence-electron chi connectivity index (χ2n) is 3.81. The molecule has 0 heterocycles. The van der Waals surface area contributed by atoms with Crippen LogP contribution < -0.4 is 4.74 Å². The summed E-state index contributed by atoms with van der Waals surface area (Å²) in [5.41, 5.74) is 2.93. The zero-order valence-electron chi connectivity index (χ0n) is 11.6. The largest absolute Gasteiger partial charge is 0.496 e. The van der Waals surface area contributed by atoms with Gasteiger partial charge in [0.2, 0.25) is 0 Å². The maximum atomic E-state index is 6.25. The third-order valence-electron chi connectivity index (χ3n) is 2.62. The first-order valence-electron chi connectivity index (χ1n) is 6.22. The van der Waals surface area contributed by atoms with Crippen molar-refractivity contribution >= 4 is 23.2 Å². The Morgan fingerprint density at radius 3 is 2.26 bits per heavy atom. The monoisotopic (exact) mass is 296 g/mol. The first kappa shape index (κ1) is 15.9. The van der Waals surface area contributed by atoms with Crippen molar-refractivity contribution in [3.05, 3.63) is 52.0 Å². The molecule has 19 heavy (non-hydrogen) atoms. The second kappa shape index (κ2) is 7.42. The highest BCUT2D eigenvalue weighted by Crippen LogP contribution is 2.34.